The number of aryl methyl sites for hydroxylation is 1. The first-order valence-electron chi connectivity index (χ1n) is 4.17. The molecule has 1 aromatic rings. The average molecular weight is 199 g/mol. The van der Waals surface area contributed by atoms with Crippen molar-refractivity contribution in [2.45, 2.75) is 19.1 Å². The van der Waals surface area contributed by atoms with Crippen LogP contribution in [0.5, 0.6) is 6.01 Å². The maximum Gasteiger partial charge on any atom is 0.340 e. The van der Waals surface area contributed by atoms with Gasteiger partial charge in [0, 0.05) is 13.0 Å². The summed E-state index contributed by atoms with van der Waals surface area (Å²) in [5.41, 5.74) is 0. The molecule has 0 spiro atoms. The average Bonchev–Trinajstić information content (AvgIpc) is 2.59. The van der Waals surface area contributed by atoms with Crippen molar-refractivity contribution in [3.05, 3.63) is 5.82 Å². The summed E-state index contributed by atoms with van der Waals surface area (Å²) in [6.07, 6.45) is -0.879. The van der Waals surface area contributed by atoms with Crippen molar-refractivity contribution in [1.29, 1.82) is 0 Å². The molecule has 2 heterocycles. The van der Waals surface area contributed by atoms with E-state index in [1.54, 1.807) is 0 Å². The van der Waals surface area contributed by atoms with Crippen molar-refractivity contribution in [3.63, 3.8) is 0 Å². The molecule has 0 radical (unpaired) electrons. The van der Waals surface area contributed by atoms with Gasteiger partial charge in [0.15, 0.2) is 5.82 Å². The lowest BCUT2D eigenvalue weighted by molar-refractivity contribution is -0.147. The molecule has 1 aromatic heterocycles. The van der Waals surface area contributed by atoms with Gasteiger partial charge in [0.1, 0.15) is 0 Å². The standard InChI is InChI=1S/C7H9N3O4/c11-4(6(12)13)5-8-7-10(9-5)2-1-3-14-7/h4,11H,1-3H2,(H,12,13). The quantitative estimate of drug-likeness (QED) is 0.645. The van der Waals surface area contributed by atoms with Crippen LogP contribution < -0.4 is 4.74 Å². The Morgan fingerprint density at radius 2 is 2.43 bits per heavy atom. The van der Waals surface area contributed by atoms with Gasteiger partial charge in [0.25, 0.3) is 0 Å². The van der Waals surface area contributed by atoms with E-state index in [9.17, 15) is 4.79 Å². The third-order valence-corrected chi connectivity index (χ3v) is 1.88. The van der Waals surface area contributed by atoms with Gasteiger partial charge in [-0.25, -0.2) is 9.48 Å². The lowest BCUT2D eigenvalue weighted by Gasteiger charge is -2.11. The summed E-state index contributed by atoms with van der Waals surface area (Å²) in [6.45, 7) is 1.18. The van der Waals surface area contributed by atoms with Gasteiger partial charge in [-0.1, -0.05) is 0 Å². The molecule has 0 bridgehead atoms. The van der Waals surface area contributed by atoms with E-state index in [0.29, 0.717) is 13.2 Å². The van der Waals surface area contributed by atoms with Crippen molar-refractivity contribution in [2.24, 2.45) is 0 Å². The molecule has 2 rings (SSSR count). The van der Waals surface area contributed by atoms with Gasteiger partial charge < -0.3 is 14.9 Å². The summed E-state index contributed by atoms with van der Waals surface area (Å²) >= 11 is 0. The third-order valence-electron chi connectivity index (χ3n) is 1.88. The first-order chi connectivity index (χ1) is 6.68. The second-order valence-corrected chi connectivity index (χ2v) is 2.92. The molecular weight excluding hydrogens is 190 g/mol. The van der Waals surface area contributed by atoms with Crippen LogP contribution in [0.15, 0.2) is 0 Å². The Hall–Kier alpha value is -1.63. The Balaban J connectivity index is 2.28. The Kier molecular flexibility index (Phi) is 2.08. The minimum atomic E-state index is -1.68. The number of aliphatic carboxylic acids is 1. The Morgan fingerprint density at radius 1 is 1.64 bits per heavy atom. The normalized spacial score (nSPS) is 16.9. The number of carboxylic acids is 1. The number of aliphatic hydroxyl groups excluding tert-OH is 1. The molecule has 0 saturated carbocycles. The summed E-state index contributed by atoms with van der Waals surface area (Å²) in [5.74, 6) is -1.50. The molecule has 0 saturated heterocycles. The van der Waals surface area contributed by atoms with Crippen molar-refractivity contribution < 1.29 is 19.7 Å². The van der Waals surface area contributed by atoms with Crippen molar-refractivity contribution in [2.75, 3.05) is 6.61 Å². The van der Waals surface area contributed by atoms with Crippen LogP contribution in [0, 0.1) is 0 Å². The third kappa shape index (κ3) is 1.41. The van der Waals surface area contributed by atoms with Gasteiger partial charge in [0.05, 0.1) is 6.61 Å². The summed E-state index contributed by atoms with van der Waals surface area (Å²) in [5, 5.41) is 21.5. The van der Waals surface area contributed by atoms with Crippen molar-refractivity contribution >= 4 is 5.97 Å². The van der Waals surface area contributed by atoms with Gasteiger partial charge in [-0.2, -0.15) is 4.98 Å². The van der Waals surface area contributed by atoms with Crippen LogP contribution >= 0.6 is 0 Å². The smallest absolute Gasteiger partial charge is 0.340 e. The first-order valence-corrected chi connectivity index (χ1v) is 4.17. The zero-order chi connectivity index (χ0) is 10.1. The minimum Gasteiger partial charge on any atom is -0.479 e. The molecule has 1 atom stereocenters. The first kappa shape index (κ1) is 8.95. The summed E-state index contributed by atoms with van der Waals surface area (Å²) in [4.78, 5) is 14.2. The topological polar surface area (TPSA) is 97.5 Å². The van der Waals surface area contributed by atoms with E-state index in [-0.39, 0.29) is 11.8 Å². The highest BCUT2D eigenvalue weighted by molar-refractivity contribution is 5.72. The van der Waals surface area contributed by atoms with Gasteiger partial charge in [-0.15, -0.1) is 5.10 Å². The maximum absolute atomic E-state index is 10.4. The number of hydrogen-bond acceptors (Lipinski definition) is 5. The highest BCUT2D eigenvalue weighted by Crippen LogP contribution is 2.17. The number of ether oxygens (including phenoxy) is 1. The van der Waals surface area contributed by atoms with Crippen molar-refractivity contribution in [1.82, 2.24) is 14.8 Å². The number of carbonyl (C=O) groups is 1. The molecule has 76 valence electrons. The number of fused-ring (bicyclic) bond motifs is 1. The van der Waals surface area contributed by atoms with Crippen LogP contribution in [0.3, 0.4) is 0 Å². The molecule has 1 aliphatic rings. The second kappa shape index (κ2) is 3.26. The number of aliphatic hydroxyl groups is 1. The molecule has 1 unspecified atom stereocenters. The number of rotatable bonds is 2. The number of aromatic nitrogens is 3. The van der Waals surface area contributed by atoms with E-state index in [0.717, 1.165) is 6.42 Å². The van der Waals surface area contributed by atoms with Crippen LogP contribution in [0.4, 0.5) is 0 Å². The molecule has 0 aromatic carbocycles. The molecule has 7 nitrogen and oxygen atoms in total. The van der Waals surface area contributed by atoms with E-state index in [1.165, 1.54) is 4.68 Å². The van der Waals surface area contributed by atoms with Crippen LogP contribution in [0.25, 0.3) is 0 Å². The van der Waals surface area contributed by atoms with E-state index < -0.39 is 12.1 Å². The Labute approximate surface area is 78.9 Å². The highest BCUT2D eigenvalue weighted by atomic mass is 16.5. The zero-order valence-corrected chi connectivity index (χ0v) is 7.25. The van der Waals surface area contributed by atoms with Crippen LogP contribution in [-0.4, -0.2) is 37.6 Å². The van der Waals surface area contributed by atoms with E-state index in [2.05, 4.69) is 10.1 Å². The molecular formula is C7H9N3O4. The number of hydrogen-bond donors (Lipinski definition) is 2. The Bertz CT molecular complexity index is 338. The minimum absolute atomic E-state index is 0.130. The fourth-order valence-electron chi connectivity index (χ4n) is 1.20. The van der Waals surface area contributed by atoms with Gasteiger partial charge in [-0.3, -0.25) is 0 Å². The lowest BCUT2D eigenvalue weighted by Crippen LogP contribution is -2.15. The molecule has 0 fully saturated rings. The van der Waals surface area contributed by atoms with Crippen LogP contribution in [0.2, 0.25) is 0 Å². The van der Waals surface area contributed by atoms with Crippen LogP contribution in [0.1, 0.15) is 18.3 Å². The van der Waals surface area contributed by atoms with E-state index in [4.69, 9.17) is 14.9 Å². The van der Waals surface area contributed by atoms with Crippen LogP contribution in [-0.2, 0) is 11.3 Å². The SMILES string of the molecule is O=C(O)C(O)c1nc2n(n1)CCCO2. The zero-order valence-electron chi connectivity index (χ0n) is 7.25. The molecule has 14 heavy (non-hydrogen) atoms. The van der Waals surface area contributed by atoms with E-state index >= 15 is 0 Å². The fourth-order valence-corrected chi connectivity index (χ4v) is 1.20. The number of carboxylic acid groups (broad SMARTS) is 1. The molecule has 1 aliphatic heterocycles. The largest absolute Gasteiger partial charge is 0.479 e. The lowest BCUT2D eigenvalue weighted by atomic mass is 10.3. The monoisotopic (exact) mass is 199 g/mol. The fraction of sp³-hybridized carbons (Fsp3) is 0.571. The highest BCUT2D eigenvalue weighted by Gasteiger charge is 2.24. The van der Waals surface area contributed by atoms with Gasteiger partial charge in [-0.05, 0) is 0 Å². The maximum atomic E-state index is 10.4. The molecule has 0 aliphatic carbocycles. The van der Waals surface area contributed by atoms with Crippen molar-refractivity contribution in [3.8, 4) is 6.01 Å². The second-order valence-electron chi connectivity index (χ2n) is 2.92. The predicted octanol–water partition coefficient (Wildman–Crippen LogP) is -0.821. The van der Waals surface area contributed by atoms with E-state index in [1.807, 2.05) is 0 Å². The van der Waals surface area contributed by atoms with Gasteiger partial charge >= 0.3 is 12.0 Å². The summed E-state index contributed by atoms with van der Waals surface area (Å²) in [7, 11) is 0. The molecule has 7 heteroatoms. The predicted molar refractivity (Wildman–Crippen MR) is 42.7 cm³/mol. The summed E-state index contributed by atoms with van der Waals surface area (Å²) in [6, 6.07) is 0.270. The van der Waals surface area contributed by atoms with Gasteiger partial charge in [0.2, 0.25) is 6.10 Å². The Morgan fingerprint density at radius 3 is 3.07 bits per heavy atom. The molecule has 2 N–H and O–H groups in total. The number of nitrogens with zero attached hydrogens (tertiary/aromatic N) is 3. The molecule has 0 amide bonds. The summed E-state index contributed by atoms with van der Waals surface area (Å²) < 4.78 is 6.57.